The van der Waals surface area contributed by atoms with Gasteiger partial charge in [-0.2, -0.15) is 0 Å². The molecule has 0 aliphatic rings. The number of rotatable bonds is 5. The molecule has 0 aliphatic heterocycles. The zero-order chi connectivity index (χ0) is 19.4. The Morgan fingerprint density at radius 1 is 1.15 bits per heavy atom. The van der Waals surface area contributed by atoms with Gasteiger partial charge in [0.15, 0.2) is 0 Å². The minimum Gasteiger partial charge on any atom is -0.352 e. The van der Waals surface area contributed by atoms with E-state index in [4.69, 9.17) is 0 Å². The molecule has 3 rings (SSSR count). The zero-order valence-corrected chi connectivity index (χ0v) is 15.2. The van der Waals surface area contributed by atoms with Gasteiger partial charge in [0.1, 0.15) is 6.54 Å². The lowest BCUT2D eigenvalue weighted by molar-refractivity contribution is -0.116. The van der Waals surface area contributed by atoms with Crippen molar-refractivity contribution in [2.45, 2.75) is 20.4 Å². The van der Waals surface area contributed by atoms with Gasteiger partial charge in [-0.05, 0) is 43.7 Å². The van der Waals surface area contributed by atoms with Crippen molar-refractivity contribution in [1.82, 2.24) is 14.9 Å². The Morgan fingerprint density at radius 3 is 2.70 bits per heavy atom. The summed E-state index contributed by atoms with van der Waals surface area (Å²) in [6.07, 6.45) is 1.36. The lowest BCUT2D eigenvalue weighted by Gasteiger charge is -2.12. The Balaban J connectivity index is 1.80. The van der Waals surface area contributed by atoms with Crippen molar-refractivity contribution in [1.29, 1.82) is 0 Å². The van der Waals surface area contributed by atoms with Gasteiger partial charge in [0.2, 0.25) is 5.91 Å². The lowest BCUT2D eigenvalue weighted by atomic mass is 10.1. The maximum atomic E-state index is 12.5. The van der Waals surface area contributed by atoms with E-state index in [1.807, 2.05) is 13.8 Å². The first kappa shape index (κ1) is 18.3. The molecule has 0 aliphatic carbocycles. The van der Waals surface area contributed by atoms with Crippen molar-refractivity contribution >= 4 is 28.4 Å². The van der Waals surface area contributed by atoms with Gasteiger partial charge in [-0.1, -0.05) is 18.2 Å². The fourth-order valence-electron chi connectivity index (χ4n) is 2.72. The van der Waals surface area contributed by atoms with E-state index in [2.05, 4.69) is 15.6 Å². The number of hydrogen-bond acceptors (Lipinski definition) is 4. The van der Waals surface area contributed by atoms with Crippen LogP contribution in [0.1, 0.15) is 22.8 Å². The van der Waals surface area contributed by atoms with Crippen LogP contribution < -0.4 is 16.2 Å². The van der Waals surface area contributed by atoms with E-state index in [1.54, 1.807) is 42.5 Å². The topological polar surface area (TPSA) is 93.1 Å². The summed E-state index contributed by atoms with van der Waals surface area (Å²) in [5.74, 6) is -0.576. The minimum atomic E-state index is -0.370. The third-order valence-electron chi connectivity index (χ3n) is 4.16. The number of nitrogens with one attached hydrogen (secondary N) is 2. The van der Waals surface area contributed by atoms with Crippen molar-refractivity contribution in [3.63, 3.8) is 0 Å². The maximum Gasteiger partial charge on any atom is 0.261 e. The second kappa shape index (κ2) is 7.82. The Kier molecular flexibility index (Phi) is 5.30. The molecule has 2 amide bonds. The van der Waals surface area contributed by atoms with E-state index in [0.717, 1.165) is 5.56 Å². The van der Waals surface area contributed by atoms with Gasteiger partial charge >= 0.3 is 0 Å². The van der Waals surface area contributed by atoms with Gasteiger partial charge in [-0.15, -0.1) is 0 Å². The number of fused-ring (bicyclic) bond motifs is 1. The number of hydrogen-bond donors (Lipinski definition) is 2. The third-order valence-corrected chi connectivity index (χ3v) is 4.16. The maximum absolute atomic E-state index is 12.5. The molecule has 7 heteroatoms. The van der Waals surface area contributed by atoms with Gasteiger partial charge in [0.05, 0.1) is 17.2 Å². The molecule has 0 spiro atoms. The fraction of sp³-hybridized carbons (Fsp3) is 0.200. The molecule has 0 saturated carbocycles. The Hall–Kier alpha value is -3.48. The number of aromatic nitrogens is 2. The van der Waals surface area contributed by atoms with Crippen LogP contribution in [0, 0.1) is 6.92 Å². The summed E-state index contributed by atoms with van der Waals surface area (Å²) in [6, 6.07) is 12.1. The van der Waals surface area contributed by atoms with Crippen LogP contribution in [0.3, 0.4) is 0 Å². The second-order valence-electron chi connectivity index (χ2n) is 6.13. The number of amides is 2. The van der Waals surface area contributed by atoms with Crippen LogP contribution in [0.15, 0.2) is 53.6 Å². The van der Waals surface area contributed by atoms with Gasteiger partial charge in [-0.3, -0.25) is 19.0 Å². The number of benzene rings is 2. The highest BCUT2D eigenvalue weighted by Gasteiger charge is 2.12. The van der Waals surface area contributed by atoms with Crippen LogP contribution in [-0.2, 0) is 11.3 Å². The Labute approximate surface area is 156 Å². The fourth-order valence-corrected chi connectivity index (χ4v) is 2.72. The summed E-state index contributed by atoms with van der Waals surface area (Å²) < 4.78 is 1.26. The van der Waals surface area contributed by atoms with Crippen molar-refractivity contribution in [3.05, 3.63) is 70.3 Å². The molecular formula is C20H20N4O3. The molecule has 1 heterocycles. The smallest absolute Gasteiger partial charge is 0.261 e. The summed E-state index contributed by atoms with van der Waals surface area (Å²) in [4.78, 5) is 41.1. The van der Waals surface area contributed by atoms with E-state index in [-0.39, 0.29) is 23.9 Å². The number of nitrogens with zero attached hydrogens (tertiary/aromatic N) is 2. The summed E-state index contributed by atoms with van der Waals surface area (Å²) in [5, 5.41) is 5.95. The van der Waals surface area contributed by atoms with Crippen LogP contribution in [0.25, 0.3) is 10.9 Å². The first-order chi connectivity index (χ1) is 13.0. The van der Waals surface area contributed by atoms with Crippen LogP contribution in [0.2, 0.25) is 0 Å². The summed E-state index contributed by atoms with van der Waals surface area (Å²) >= 11 is 0. The average Bonchev–Trinajstić information content (AvgIpc) is 2.66. The molecule has 0 bridgehead atoms. The van der Waals surface area contributed by atoms with Crippen LogP contribution in [-0.4, -0.2) is 27.9 Å². The molecular weight excluding hydrogens is 344 g/mol. The quantitative estimate of drug-likeness (QED) is 0.725. The summed E-state index contributed by atoms with van der Waals surface area (Å²) in [6.45, 7) is 4.03. The minimum absolute atomic E-state index is 0.165. The lowest BCUT2D eigenvalue weighted by Crippen LogP contribution is -2.28. The van der Waals surface area contributed by atoms with Gasteiger partial charge in [0, 0.05) is 17.8 Å². The highest BCUT2D eigenvalue weighted by atomic mass is 16.2. The first-order valence-corrected chi connectivity index (χ1v) is 8.62. The number of para-hydroxylation sites is 1. The monoisotopic (exact) mass is 364 g/mol. The molecule has 0 saturated heterocycles. The van der Waals surface area contributed by atoms with E-state index in [1.165, 1.54) is 10.9 Å². The molecule has 27 heavy (non-hydrogen) atoms. The zero-order valence-electron chi connectivity index (χ0n) is 15.2. The van der Waals surface area contributed by atoms with E-state index < -0.39 is 0 Å². The van der Waals surface area contributed by atoms with Gasteiger partial charge in [0.25, 0.3) is 11.5 Å². The van der Waals surface area contributed by atoms with Crippen molar-refractivity contribution < 1.29 is 9.59 Å². The number of carbonyl (C=O) groups is 2. The van der Waals surface area contributed by atoms with Crippen LogP contribution >= 0.6 is 0 Å². The highest BCUT2D eigenvalue weighted by molar-refractivity contribution is 5.97. The Morgan fingerprint density at radius 2 is 1.93 bits per heavy atom. The summed E-state index contributed by atoms with van der Waals surface area (Å²) in [7, 11) is 0. The second-order valence-corrected chi connectivity index (χ2v) is 6.13. The van der Waals surface area contributed by atoms with E-state index in [9.17, 15) is 14.4 Å². The molecule has 2 N–H and O–H groups in total. The van der Waals surface area contributed by atoms with Crippen molar-refractivity contribution in [3.8, 4) is 0 Å². The molecule has 0 fully saturated rings. The standard InChI is InChI=1S/C20H20N4O3/c1-3-21-19(26)14-9-8-13(2)17(10-14)23-18(25)11-24-12-22-16-7-5-4-6-15(16)20(24)27/h4-10,12H,3,11H2,1-2H3,(H,21,26)(H,23,25). The molecule has 0 radical (unpaired) electrons. The third kappa shape index (κ3) is 4.03. The van der Waals surface area contributed by atoms with Gasteiger partial charge in [-0.25, -0.2) is 4.98 Å². The normalized spacial score (nSPS) is 10.6. The average molecular weight is 364 g/mol. The number of anilines is 1. The van der Waals surface area contributed by atoms with E-state index in [0.29, 0.717) is 28.7 Å². The summed E-state index contributed by atoms with van der Waals surface area (Å²) in [5.41, 5.74) is 2.13. The van der Waals surface area contributed by atoms with Gasteiger partial charge < -0.3 is 10.6 Å². The van der Waals surface area contributed by atoms with Crippen molar-refractivity contribution in [2.24, 2.45) is 0 Å². The molecule has 1 aromatic heterocycles. The predicted molar refractivity (Wildman–Crippen MR) is 104 cm³/mol. The number of aryl methyl sites for hydroxylation is 1. The van der Waals surface area contributed by atoms with Crippen LogP contribution in [0.4, 0.5) is 5.69 Å². The SMILES string of the molecule is CCNC(=O)c1ccc(C)c(NC(=O)Cn2cnc3ccccc3c2=O)c1. The molecule has 0 unspecified atom stereocenters. The Bertz CT molecular complexity index is 1070. The number of carbonyl (C=O) groups excluding carboxylic acids is 2. The van der Waals surface area contributed by atoms with E-state index >= 15 is 0 Å². The first-order valence-electron chi connectivity index (χ1n) is 8.62. The largest absolute Gasteiger partial charge is 0.352 e. The highest BCUT2D eigenvalue weighted by Crippen LogP contribution is 2.17. The van der Waals surface area contributed by atoms with Crippen molar-refractivity contribution in [2.75, 3.05) is 11.9 Å². The van der Waals surface area contributed by atoms with Crippen LogP contribution in [0.5, 0.6) is 0 Å². The molecule has 7 nitrogen and oxygen atoms in total. The molecule has 3 aromatic rings. The predicted octanol–water partition coefficient (Wildman–Crippen LogP) is 2.09. The molecule has 0 atom stereocenters. The molecule has 2 aromatic carbocycles. The molecule has 138 valence electrons.